The summed E-state index contributed by atoms with van der Waals surface area (Å²) in [5, 5.41) is 0.462. The number of amides is 1. The Hall–Kier alpha value is -1.76. The van der Waals surface area contributed by atoms with Gasteiger partial charge in [0.05, 0.1) is 14.9 Å². The molecule has 1 saturated heterocycles. The Labute approximate surface area is 156 Å². The predicted molar refractivity (Wildman–Crippen MR) is 98.4 cm³/mol. The minimum atomic E-state index is -3.78. The third-order valence-electron chi connectivity index (χ3n) is 3.93. The van der Waals surface area contributed by atoms with Gasteiger partial charge in [-0.1, -0.05) is 35.3 Å². The molecule has 0 aromatic heterocycles. The second kappa shape index (κ2) is 7.23. The highest BCUT2D eigenvalue weighted by Crippen LogP contribution is 2.26. The summed E-state index contributed by atoms with van der Waals surface area (Å²) in [6.45, 7) is 1.21. The maximum absolute atomic E-state index is 12.5. The maximum atomic E-state index is 12.5. The predicted octanol–water partition coefficient (Wildman–Crippen LogP) is 3.92. The Morgan fingerprint density at radius 2 is 1.88 bits per heavy atom. The number of hydrogen-bond donors (Lipinski definition) is 1. The van der Waals surface area contributed by atoms with Crippen molar-refractivity contribution in [2.24, 2.45) is 0 Å². The molecule has 25 heavy (non-hydrogen) atoms. The summed E-state index contributed by atoms with van der Waals surface area (Å²) in [7, 11) is -3.78. The first-order valence-corrected chi connectivity index (χ1v) is 9.94. The van der Waals surface area contributed by atoms with Crippen molar-refractivity contribution in [3.05, 3.63) is 58.1 Å². The summed E-state index contributed by atoms with van der Waals surface area (Å²) in [5.41, 5.74) is 1.29. The number of benzene rings is 2. The standard InChI is InChI=1S/C17H16Cl2N2O3S/c18-15-7-6-14(10-16(15)19)25(23,24)20-13-4-1-3-12(9-13)11-21-8-2-5-17(21)22/h1,3-4,6-7,9-10,20H,2,5,8,11H2. The first kappa shape index (κ1) is 18.0. The summed E-state index contributed by atoms with van der Waals surface area (Å²) in [4.78, 5) is 13.5. The molecule has 0 unspecified atom stereocenters. The Morgan fingerprint density at radius 3 is 2.56 bits per heavy atom. The lowest BCUT2D eigenvalue weighted by Crippen LogP contribution is -2.23. The van der Waals surface area contributed by atoms with E-state index in [1.165, 1.54) is 18.2 Å². The second-order valence-electron chi connectivity index (χ2n) is 5.80. The van der Waals surface area contributed by atoms with Crippen molar-refractivity contribution in [1.29, 1.82) is 0 Å². The zero-order valence-corrected chi connectivity index (χ0v) is 15.5. The number of anilines is 1. The van der Waals surface area contributed by atoms with Crippen molar-refractivity contribution < 1.29 is 13.2 Å². The minimum Gasteiger partial charge on any atom is -0.338 e. The van der Waals surface area contributed by atoms with Gasteiger partial charge in [-0.05, 0) is 42.3 Å². The molecule has 5 nitrogen and oxygen atoms in total. The van der Waals surface area contributed by atoms with Crippen molar-refractivity contribution in [1.82, 2.24) is 4.90 Å². The van der Waals surface area contributed by atoms with Crippen molar-refractivity contribution in [2.75, 3.05) is 11.3 Å². The number of nitrogens with one attached hydrogen (secondary N) is 1. The number of halogens is 2. The molecule has 0 bridgehead atoms. The van der Waals surface area contributed by atoms with Crippen molar-refractivity contribution in [3.8, 4) is 0 Å². The molecule has 2 aromatic rings. The molecule has 0 saturated carbocycles. The molecule has 8 heteroatoms. The lowest BCUT2D eigenvalue weighted by molar-refractivity contribution is -0.128. The van der Waals surface area contributed by atoms with E-state index < -0.39 is 10.0 Å². The van der Waals surface area contributed by atoms with Gasteiger partial charge in [-0.2, -0.15) is 0 Å². The monoisotopic (exact) mass is 398 g/mol. The van der Waals surface area contributed by atoms with Gasteiger partial charge in [0.2, 0.25) is 5.91 Å². The van der Waals surface area contributed by atoms with Crippen molar-refractivity contribution in [3.63, 3.8) is 0 Å². The molecule has 0 spiro atoms. The Morgan fingerprint density at radius 1 is 1.08 bits per heavy atom. The number of likely N-dealkylation sites (tertiary alicyclic amines) is 1. The average molecular weight is 399 g/mol. The van der Waals surface area contributed by atoms with Crippen LogP contribution in [-0.2, 0) is 21.4 Å². The second-order valence-corrected chi connectivity index (χ2v) is 8.30. The van der Waals surface area contributed by atoms with E-state index in [1.54, 1.807) is 23.1 Å². The van der Waals surface area contributed by atoms with E-state index in [2.05, 4.69) is 4.72 Å². The summed E-state index contributed by atoms with van der Waals surface area (Å²) < 4.78 is 27.5. The van der Waals surface area contributed by atoms with Crippen molar-refractivity contribution in [2.45, 2.75) is 24.3 Å². The van der Waals surface area contributed by atoms with Gasteiger partial charge in [0.15, 0.2) is 0 Å². The molecule has 1 N–H and O–H groups in total. The lowest BCUT2D eigenvalue weighted by Gasteiger charge is -2.16. The molecule has 1 amide bonds. The molecule has 1 aliphatic rings. The van der Waals surface area contributed by atoms with E-state index in [-0.39, 0.29) is 20.8 Å². The molecule has 0 aliphatic carbocycles. The van der Waals surface area contributed by atoms with E-state index in [9.17, 15) is 13.2 Å². The van der Waals surface area contributed by atoms with Gasteiger partial charge < -0.3 is 4.90 Å². The van der Waals surface area contributed by atoms with Crippen LogP contribution in [0.3, 0.4) is 0 Å². The van der Waals surface area contributed by atoms with Crippen LogP contribution in [0.2, 0.25) is 10.0 Å². The fourth-order valence-corrected chi connectivity index (χ4v) is 4.12. The van der Waals surface area contributed by atoms with Crippen LogP contribution in [0.25, 0.3) is 0 Å². The zero-order chi connectivity index (χ0) is 18.0. The highest BCUT2D eigenvalue weighted by atomic mass is 35.5. The van der Waals surface area contributed by atoms with Crippen LogP contribution in [0, 0.1) is 0 Å². The molecule has 1 aliphatic heterocycles. The van der Waals surface area contributed by atoms with Gasteiger partial charge in [0.25, 0.3) is 10.0 Å². The highest BCUT2D eigenvalue weighted by molar-refractivity contribution is 7.92. The molecule has 1 fully saturated rings. The van der Waals surface area contributed by atoms with Gasteiger partial charge in [0.1, 0.15) is 0 Å². The Balaban J connectivity index is 1.78. The lowest BCUT2D eigenvalue weighted by atomic mass is 10.2. The zero-order valence-electron chi connectivity index (χ0n) is 13.2. The Bertz CT molecular complexity index is 916. The SMILES string of the molecule is O=C1CCCN1Cc1cccc(NS(=O)(=O)c2ccc(Cl)c(Cl)c2)c1. The molecule has 0 radical (unpaired) electrons. The number of carbonyl (C=O) groups excluding carboxylic acids is 1. The van der Waals surface area contributed by atoms with Gasteiger partial charge in [0, 0.05) is 25.2 Å². The molecule has 2 aromatic carbocycles. The van der Waals surface area contributed by atoms with Gasteiger partial charge in [-0.3, -0.25) is 9.52 Å². The molecule has 3 rings (SSSR count). The highest BCUT2D eigenvalue weighted by Gasteiger charge is 2.20. The summed E-state index contributed by atoms with van der Waals surface area (Å²) in [6, 6.07) is 11.1. The van der Waals surface area contributed by atoms with Crippen LogP contribution in [0.5, 0.6) is 0 Å². The van der Waals surface area contributed by atoms with Crippen LogP contribution < -0.4 is 4.72 Å². The largest absolute Gasteiger partial charge is 0.338 e. The molecular weight excluding hydrogens is 383 g/mol. The van der Waals surface area contributed by atoms with Gasteiger partial charge in [-0.15, -0.1) is 0 Å². The van der Waals surface area contributed by atoms with E-state index in [4.69, 9.17) is 23.2 Å². The third kappa shape index (κ3) is 4.26. The molecule has 132 valence electrons. The topological polar surface area (TPSA) is 66.5 Å². The number of carbonyl (C=O) groups is 1. The smallest absolute Gasteiger partial charge is 0.261 e. The van der Waals surface area contributed by atoms with Crippen LogP contribution in [0.4, 0.5) is 5.69 Å². The Kier molecular flexibility index (Phi) is 5.22. The third-order valence-corrected chi connectivity index (χ3v) is 6.04. The van der Waals surface area contributed by atoms with Crippen LogP contribution in [0.1, 0.15) is 18.4 Å². The van der Waals surface area contributed by atoms with E-state index >= 15 is 0 Å². The maximum Gasteiger partial charge on any atom is 0.261 e. The van der Waals surface area contributed by atoms with Crippen LogP contribution >= 0.6 is 23.2 Å². The van der Waals surface area contributed by atoms with Crippen molar-refractivity contribution >= 4 is 44.8 Å². The molecular formula is C17H16Cl2N2O3S. The number of rotatable bonds is 5. The number of nitrogens with zero attached hydrogens (tertiary/aromatic N) is 1. The van der Waals surface area contributed by atoms with E-state index in [0.29, 0.717) is 18.7 Å². The summed E-state index contributed by atoms with van der Waals surface area (Å²) in [5.74, 6) is 0.127. The summed E-state index contributed by atoms with van der Waals surface area (Å²) in [6.07, 6.45) is 1.44. The van der Waals surface area contributed by atoms with Gasteiger partial charge >= 0.3 is 0 Å². The molecule has 1 heterocycles. The van der Waals surface area contributed by atoms with Gasteiger partial charge in [-0.25, -0.2) is 8.42 Å². The minimum absolute atomic E-state index is 0.0297. The van der Waals surface area contributed by atoms with E-state index in [1.807, 2.05) is 6.07 Å². The fourth-order valence-electron chi connectivity index (χ4n) is 2.68. The summed E-state index contributed by atoms with van der Waals surface area (Å²) >= 11 is 11.7. The van der Waals surface area contributed by atoms with Crippen LogP contribution in [-0.4, -0.2) is 25.8 Å². The first-order chi connectivity index (χ1) is 11.8. The number of hydrogen-bond acceptors (Lipinski definition) is 3. The fraction of sp³-hybridized carbons (Fsp3) is 0.235. The average Bonchev–Trinajstić information content (AvgIpc) is 2.95. The number of sulfonamides is 1. The van der Waals surface area contributed by atoms with Crippen LogP contribution in [0.15, 0.2) is 47.4 Å². The quantitative estimate of drug-likeness (QED) is 0.829. The first-order valence-electron chi connectivity index (χ1n) is 7.70. The van der Waals surface area contributed by atoms with E-state index in [0.717, 1.165) is 18.5 Å². The molecule has 0 atom stereocenters. The normalized spacial score (nSPS) is 14.8.